The lowest BCUT2D eigenvalue weighted by molar-refractivity contribution is -0.136. The molecule has 2 aliphatic rings. The first kappa shape index (κ1) is 15.1. The summed E-state index contributed by atoms with van der Waals surface area (Å²) in [5.41, 5.74) is 0.861. The molecular weight excluding hydrogens is 276 g/mol. The van der Waals surface area contributed by atoms with Crippen LogP contribution < -0.4 is 0 Å². The Hall–Kier alpha value is -1.84. The number of likely N-dealkylation sites (tertiary alicyclic amines) is 2. The van der Waals surface area contributed by atoms with E-state index in [0.717, 1.165) is 44.3 Å². The fraction of sp³-hybridized carbons (Fsp3) is 0.556. The van der Waals surface area contributed by atoms with Crippen LogP contribution in [0.5, 0.6) is 0 Å². The maximum atomic E-state index is 12.5. The third-order valence-electron chi connectivity index (χ3n) is 5.22. The minimum Gasteiger partial charge on any atom is -0.345 e. The molecule has 2 saturated heterocycles. The summed E-state index contributed by atoms with van der Waals surface area (Å²) < 4.78 is 0. The smallest absolute Gasteiger partial charge is 0.228 e. The topological polar surface area (TPSA) is 40.6 Å². The van der Waals surface area contributed by atoms with Crippen LogP contribution in [0.1, 0.15) is 31.2 Å². The van der Waals surface area contributed by atoms with Gasteiger partial charge in [0.25, 0.3) is 0 Å². The van der Waals surface area contributed by atoms with Crippen molar-refractivity contribution in [3.05, 3.63) is 35.9 Å². The second-order valence-corrected chi connectivity index (χ2v) is 6.65. The van der Waals surface area contributed by atoms with Crippen LogP contribution in [0.4, 0.5) is 0 Å². The maximum absolute atomic E-state index is 12.5. The summed E-state index contributed by atoms with van der Waals surface area (Å²) in [7, 11) is 1.89. The van der Waals surface area contributed by atoms with Gasteiger partial charge in [0.15, 0.2) is 0 Å². The van der Waals surface area contributed by atoms with E-state index in [2.05, 4.69) is 0 Å². The highest BCUT2D eigenvalue weighted by molar-refractivity contribution is 5.85. The Kier molecular flexibility index (Phi) is 4.19. The van der Waals surface area contributed by atoms with E-state index < -0.39 is 0 Å². The Morgan fingerprint density at radius 1 is 1.09 bits per heavy atom. The SMILES string of the molecule is CN1CCC2(CCCN(C(=O)Cc3ccccc3)CC2)C1=O. The fourth-order valence-corrected chi connectivity index (χ4v) is 3.78. The summed E-state index contributed by atoms with van der Waals surface area (Å²) in [6, 6.07) is 9.88. The number of nitrogens with zero attached hydrogens (tertiary/aromatic N) is 2. The van der Waals surface area contributed by atoms with Crippen molar-refractivity contribution in [2.24, 2.45) is 5.41 Å². The second kappa shape index (κ2) is 6.11. The Balaban J connectivity index is 1.63. The molecule has 0 saturated carbocycles. The van der Waals surface area contributed by atoms with Gasteiger partial charge in [0, 0.05) is 26.7 Å². The van der Waals surface area contributed by atoms with Crippen molar-refractivity contribution < 1.29 is 9.59 Å². The van der Waals surface area contributed by atoms with Crippen LogP contribution in [0.25, 0.3) is 0 Å². The summed E-state index contributed by atoms with van der Waals surface area (Å²) in [4.78, 5) is 28.7. The maximum Gasteiger partial charge on any atom is 0.228 e. The standard InChI is InChI=1S/C18H24N2O2/c1-19-12-9-18(17(19)22)8-5-11-20(13-10-18)16(21)14-15-6-3-2-4-7-15/h2-4,6-7H,5,8-14H2,1H3. The molecule has 3 rings (SSSR count). The molecule has 2 aliphatic heterocycles. The number of hydrogen-bond donors (Lipinski definition) is 0. The van der Waals surface area contributed by atoms with Crippen LogP contribution in [0, 0.1) is 5.41 Å². The lowest BCUT2D eigenvalue weighted by atomic mass is 9.79. The van der Waals surface area contributed by atoms with Gasteiger partial charge in [0.2, 0.25) is 11.8 Å². The average molecular weight is 300 g/mol. The van der Waals surface area contributed by atoms with E-state index in [1.54, 1.807) is 0 Å². The van der Waals surface area contributed by atoms with Crippen molar-refractivity contribution >= 4 is 11.8 Å². The molecule has 2 heterocycles. The molecule has 118 valence electrons. The first-order chi connectivity index (χ1) is 10.6. The summed E-state index contributed by atoms with van der Waals surface area (Å²) in [5, 5.41) is 0. The molecular formula is C18H24N2O2. The average Bonchev–Trinajstić information content (AvgIpc) is 2.71. The molecule has 1 atom stereocenters. The highest BCUT2D eigenvalue weighted by Crippen LogP contribution is 2.40. The highest BCUT2D eigenvalue weighted by Gasteiger charge is 2.45. The van der Waals surface area contributed by atoms with Gasteiger partial charge in [-0.2, -0.15) is 0 Å². The largest absolute Gasteiger partial charge is 0.345 e. The van der Waals surface area contributed by atoms with Crippen LogP contribution in [-0.2, 0) is 16.0 Å². The van der Waals surface area contributed by atoms with Gasteiger partial charge in [0.1, 0.15) is 0 Å². The fourth-order valence-electron chi connectivity index (χ4n) is 3.78. The van der Waals surface area contributed by atoms with E-state index in [1.165, 1.54) is 0 Å². The first-order valence-corrected chi connectivity index (χ1v) is 8.18. The molecule has 2 fully saturated rings. The predicted octanol–water partition coefficient (Wildman–Crippen LogP) is 2.09. The normalized spacial score (nSPS) is 25.6. The Morgan fingerprint density at radius 3 is 2.50 bits per heavy atom. The number of amides is 2. The van der Waals surface area contributed by atoms with Crippen LogP contribution in [-0.4, -0.2) is 48.3 Å². The van der Waals surface area contributed by atoms with Crippen molar-refractivity contribution in [3.63, 3.8) is 0 Å². The van der Waals surface area contributed by atoms with Gasteiger partial charge in [-0.15, -0.1) is 0 Å². The van der Waals surface area contributed by atoms with Gasteiger partial charge >= 0.3 is 0 Å². The lowest BCUT2D eigenvalue weighted by Gasteiger charge is -2.25. The quantitative estimate of drug-likeness (QED) is 0.839. The zero-order valence-electron chi connectivity index (χ0n) is 13.3. The van der Waals surface area contributed by atoms with E-state index >= 15 is 0 Å². The van der Waals surface area contributed by atoms with Crippen molar-refractivity contribution in [3.8, 4) is 0 Å². The number of rotatable bonds is 2. The van der Waals surface area contributed by atoms with E-state index in [0.29, 0.717) is 13.0 Å². The van der Waals surface area contributed by atoms with Crippen molar-refractivity contribution in [1.82, 2.24) is 9.80 Å². The summed E-state index contributed by atoms with van der Waals surface area (Å²) in [6.07, 6.45) is 4.08. The predicted molar refractivity (Wildman–Crippen MR) is 85.3 cm³/mol. The highest BCUT2D eigenvalue weighted by atomic mass is 16.2. The number of hydrogen-bond acceptors (Lipinski definition) is 2. The lowest BCUT2D eigenvalue weighted by Crippen LogP contribution is -2.36. The van der Waals surface area contributed by atoms with Crippen LogP contribution in [0.2, 0.25) is 0 Å². The summed E-state index contributed by atoms with van der Waals surface area (Å²) in [6.45, 7) is 2.35. The third-order valence-corrected chi connectivity index (χ3v) is 5.22. The van der Waals surface area contributed by atoms with E-state index in [-0.39, 0.29) is 17.2 Å². The molecule has 22 heavy (non-hydrogen) atoms. The monoisotopic (exact) mass is 300 g/mol. The molecule has 4 nitrogen and oxygen atoms in total. The minimum absolute atomic E-state index is 0.182. The Labute approximate surface area is 132 Å². The van der Waals surface area contributed by atoms with Gasteiger partial charge in [-0.3, -0.25) is 9.59 Å². The Bertz CT molecular complexity index is 557. The molecule has 0 aliphatic carbocycles. The second-order valence-electron chi connectivity index (χ2n) is 6.65. The molecule has 1 aromatic carbocycles. The van der Waals surface area contributed by atoms with Crippen LogP contribution >= 0.6 is 0 Å². The molecule has 1 aromatic rings. The molecule has 2 amide bonds. The van der Waals surface area contributed by atoms with Gasteiger partial charge in [-0.05, 0) is 31.2 Å². The number of carbonyl (C=O) groups is 2. The molecule has 4 heteroatoms. The minimum atomic E-state index is -0.198. The van der Waals surface area contributed by atoms with Crippen LogP contribution in [0.15, 0.2) is 30.3 Å². The van der Waals surface area contributed by atoms with Gasteiger partial charge in [-0.25, -0.2) is 0 Å². The van der Waals surface area contributed by atoms with E-state index in [1.807, 2.05) is 47.2 Å². The molecule has 1 unspecified atom stereocenters. The molecule has 1 spiro atoms. The van der Waals surface area contributed by atoms with Crippen molar-refractivity contribution in [2.75, 3.05) is 26.7 Å². The van der Waals surface area contributed by atoms with E-state index in [4.69, 9.17) is 0 Å². The van der Waals surface area contributed by atoms with Crippen molar-refractivity contribution in [2.45, 2.75) is 32.1 Å². The summed E-state index contributed by atoms with van der Waals surface area (Å²) >= 11 is 0. The summed E-state index contributed by atoms with van der Waals surface area (Å²) in [5.74, 6) is 0.465. The molecule has 0 radical (unpaired) electrons. The number of carbonyl (C=O) groups excluding carboxylic acids is 2. The Morgan fingerprint density at radius 2 is 1.82 bits per heavy atom. The molecule has 0 bridgehead atoms. The molecule has 0 aromatic heterocycles. The first-order valence-electron chi connectivity index (χ1n) is 8.18. The zero-order chi connectivity index (χ0) is 15.6. The molecule has 0 N–H and O–H groups in total. The zero-order valence-corrected chi connectivity index (χ0v) is 13.3. The van der Waals surface area contributed by atoms with Crippen molar-refractivity contribution in [1.29, 1.82) is 0 Å². The third kappa shape index (κ3) is 2.87. The van der Waals surface area contributed by atoms with Crippen LogP contribution in [0.3, 0.4) is 0 Å². The van der Waals surface area contributed by atoms with Gasteiger partial charge < -0.3 is 9.80 Å². The van der Waals surface area contributed by atoms with Gasteiger partial charge in [-0.1, -0.05) is 30.3 Å². The van der Waals surface area contributed by atoms with E-state index in [9.17, 15) is 9.59 Å². The van der Waals surface area contributed by atoms with Gasteiger partial charge in [0.05, 0.1) is 11.8 Å². The number of benzene rings is 1.